The normalized spacial score (nSPS) is 22.9. The highest BCUT2D eigenvalue weighted by Gasteiger charge is 2.19. The maximum atomic E-state index is 5.45. The van der Waals surface area contributed by atoms with Crippen LogP contribution in [-0.2, 0) is 4.74 Å². The second-order valence-corrected chi connectivity index (χ2v) is 5.54. The van der Waals surface area contributed by atoms with Crippen LogP contribution in [0.2, 0.25) is 0 Å². The first-order valence-corrected chi connectivity index (χ1v) is 7.03. The Morgan fingerprint density at radius 1 is 1.31 bits per heavy atom. The zero-order chi connectivity index (χ0) is 11.8. The fraction of sp³-hybridized carbons (Fsp3) is 1.00. The molecule has 1 N–H and O–H groups in total. The van der Waals surface area contributed by atoms with Gasteiger partial charge in [-0.2, -0.15) is 0 Å². The van der Waals surface area contributed by atoms with Crippen molar-refractivity contribution in [3.63, 3.8) is 0 Å². The van der Waals surface area contributed by atoms with Gasteiger partial charge < -0.3 is 10.1 Å². The predicted octanol–water partition coefficient (Wildman–Crippen LogP) is 3.22. The highest BCUT2D eigenvalue weighted by Crippen LogP contribution is 2.21. The third-order valence-corrected chi connectivity index (χ3v) is 3.47. The standard InChI is InChI=1S/C14H29NO/c1-4-15-14(7-5-6-12(2)3)10-13-8-9-16-11-13/h12-15H,4-11H2,1-3H3. The molecule has 1 rings (SSSR count). The Labute approximate surface area is 101 Å². The fourth-order valence-corrected chi connectivity index (χ4v) is 2.54. The summed E-state index contributed by atoms with van der Waals surface area (Å²) in [6, 6.07) is 0.718. The molecular formula is C14H29NO. The van der Waals surface area contributed by atoms with Gasteiger partial charge in [-0.3, -0.25) is 0 Å². The van der Waals surface area contributed by atoms with Gasteiger partial charge >= 0.3 is 0 Å². The van der Waals surface area contributed by atoms with Crippen LogP contribution in [0.5, 0.6) is 0 Å². The van der Waals surface area contributed by atoms with Gasteiger partial charge in [-0.05, 0) is 37.6 Å². The molecule has 0 aliphatic carbocycles. The summed E-state index contributed by atoms with van der Waals surface area (Å²) in [5, 5.41) is 3.63. The van der Waals surface area contributed by atoms with Gasteiger partial charge in [0.25, 0.3) is 0 Å². The SMILES string of the molecule is CCNC(CCCC(C)C)CC1CCOC1. The van der Waals surface area contributed by atoms with Crippen molar-refractivity contribution in [3.8, 4) is 0 Å². The van der Waals surface area contributed by atoms with Crippen LogP contribution in [-0.4, -0.2) is 25.8 Å². The summed E-state index contributed by atoms with van der Waals surface area (Å²) >= 11 is 0. The second kappa shape index (κ2) is 8.08. The summed E-state index contributed by atoms with van der Waals surface area (Å²) in [6.07, 6.45) is 6.65. The van der Waals surface area contributed by atoms with Crippen LogP contribution in [0.25, 0.3) is 0 Å². The second-order valence-electron chi connectivity index (χ2n) is 5.54. The average molecular weight is 227 g/mol. The highest BCUT2D eigenvalue weighted by atomic mass is 16.5. The molecule has 0 amide bonds. The van der Waals surface area contributed by atoms with Gasteiger partial charge in [-0.15, -0.1) is 0 Å². The van der Waals surface area contributed by atoms with Crippen LogP contribution in [0.15, 0.2) is 0 Å². The van der Waals surface area contributed by atoms with Crippen molar-refractivity contribution in [2.24, 2.45) is 11.8 Å². The molecule has 2 atom stereocenters. The lowest BCUT2D eigenvalue weighted by Gasteiger charge is -2.21. The number of nitrogens with one attached hydrogen (secondary N) is 1. The van der Waals surface area contributed by atoms with E-state index in [-0.39, 0.29) is 0 Å². The molecule has 2 nitrogen and oxygen atoms in total. The van der Waals surface area contributed by atoms with Crippen molar-refractivity contribution in [2.75, 3.05) is 19.8 Å². The van der Waals surface area contributed by atoms with E-state index in [0.29, 0.717) is 0 Å². The molecule has 16 heavy (non-hydrogen) atoms. The Balaban J connectivity index is 2.17. The van der Waals surface area contributed by atoms with E-state index in [1.807, 2.05) is 0 Å². The zero-order valence-corrected chi connectivity index (χ0v) is 11.3. The predicted molar refractivity (Wildman–Crippen MR) is 69.7 cm³/mol. The summed E-state index contributed by atoms with van der Waals surface area (Å²) in [5.41, 5.74) is 0. The molecule has 0 radical (unpaired) electrons. The lowest BCUT2D eigenvalue weighted by atomic mass is 9.94. The van der Waals surface area contributed by atoms with Gasteiger partial charge in [-0.25, -0.2) is 0 Å². The Morgan fingerprint density at radius 3 is 2.69 bits per heavy atom. The first-order chi connectivity index (χ1) is 7.72. The summed E-state index contributed by atoms with van der Waals surface area (Å²) in [4.78, 5) is 0. The monoisotopic (exact) mass is 227 g/mol. The van der Waals surface area contributed by atoms with Gasteiger partial charge in [-0.1, -0.05) is 33.6 Å². The van der Waals surface area contributed by atoms with Crippen LogP contribution in [0, 0.1) is 11.8 Å². The Hall–Kier alpha value is -0.0800. The molecule has 1 fully saturated rings. The topological polar surface area (TPSA) is 21.3 Å². The Kier molecular flexibility index (Phi) is 7.06. The van der Waals surface area contributed by atoms with Crippen molar-refractivity contribution in [2.45, 2.75) is 58.9 Å². The van der Waals surface area contributed by atoms with E-state index in [1.54, 1.807) is 0 Å². The first kappa shape index (κ1) is 14.0. The number of rotatable bonds is 8. The molecular weight excluding hydrogens is 198 g/mol. The number of hydrogen-bond donors (Lipinski definition) is 1. The molecule has 2 heteroatoms. The molecule has 0 spiro atoms. The van der Waals surface area contributed by atoms with Gasteiger partial charge in [0.1, 0.15) is 0 Å². The van der Waals surface area contributed by atoms with E-state index in [1.165, 1.54) is 32.1 Å². The highest BCUT2D eigenvalue weighted by molar-refractivity contribution is 4.74. The van der Waals surface area contributed by atoms with Gasteiger partial charge in [0.05, 0.1) is 0 Å². The summed E-state index contributed by atoms with van der Waals surface area (Å²) in [5.74, 6) is 1.65. The largest absolute Gasteiger partial charge is 0.381 e. The van der Waals surface area contributed by atoms with E-state index >= 15 is 0 Å². The van der Waals surface area contributed by atoms with Crippen molar-refractivity contribution in [1.29, 1.82) is 0 Å². The van der Waals surface area contributed by atoms with Crippen LogP contribution in [0.1, 0.15) is 52.9 Å². The van der Waals surface area contributed by atoms with E-state index in [2.05, 4.69) is 26.1 Å². The van der Waals surface area contributed by atoms with Crippen molar-refractivity contribution in [3.05, 3.63) is 0 Å². The fourth-order valence-electron chi connectivity index (χ4n) is 2.54. The van der Waals surface area contributed by atoms with E-state index in [0.717, 1.165) is 37.6 Å². The molecule has 0 aromatic rings. The van der Waals surface area contributed by atoms with E-state index < -0.39 is 0 Å². The molecule has 0 bridgehead atoms. The van der Waals surface area contributed by atoms with Crippen molar-refractivity contribution in [1.82, 2.24) is 5.32 Å². The lowest BCUT2D eigenvalue weighted by molar-refractivity contribution is 0.180. The van der Waals surface area contributed by atoms with E-state index in [4.69, 9.17) is 4.74 Å². The zero-order valence-electron chi connectivity index (χ0n) is 11.3. The quantitative estimate of drug-likeness (QED) is 0.687. The van der Waals surface area contributed by atoms with Gasteiger partial charge in [0, 0.05) is 19.3 Å². The average Bonchev–Trinajstić information content (AvgIpc) is 2.70. The lowest BCUT2D eigenvalue weighted by Crippen LogP contribution is -2.31. The summed E-state index contributed by atoms with van der Waals surface area (Å²) in [6.45, 7) is 9.90. The van der Waals surface area contributed by atoms with Crippen molar-refractivity contribution < 1.29 is 4.74 Å². The van der Waals surface area contributed by atoms with Gasteiger partial charge in [0.15, 0.2) is 0 Å². The minimum absolute atomic E-state index is 0.718. The molecule has 1 aliphatic rings. The maximum Gasteiger partial charge on any atom is 0.0495 e. The molecule has 0 aromatic heterocycles. The molecule has 1 heterocycles. The van der Waals surface area contributed by atoms with E-state index in [9.17, 15) is 0 Å². The molecule has 1 saturated heterocycles. The minimum atomic E-state index is 0.718. The molecule has 1 aliphatic heterocycles. The Bertz CT molecular complexity index is 164. The minimum Gasteiger partial charge on any atom is -0.381 e. The third kappa shape index (κ3) is 5.86. The third-order valence-electron chi connectivity index (χ3n) is 3.47. The Morgan fingerprint density at radius 2 is 2.12 bits per heavy atom. The van der Waals surface area contributed by atoms with Crippen LogP contribution in [0.4, 0.5) is 0 Å². The maximum absolute atomic E-state index is 5.45. The first-order valence-electron chi connectivity index (χ1n) is 7.03. The van der Waals surface area contributed by atoms with Crippen LogP contribution >= 0.6 is 0 Å². The van der Waals surface area contributed by atoms with Gasteiger partial charge in [0.2, 0.25) is 0 Å². The smallest absolute Gasteiger partial charge is 0.0495 e. The molecule has 96 valence electrons. The van der Waals surface area contributed by atoms with Crippen molar-refractivity contribution >= 4 is 0 Å². The molecule has 0 aromatic carbocycles. The van der Waals surface area contributed by atoms with Crippen LogP contribution in [0.3, 0.4) is 0 Å². The number of hydrogen-bond acceptors (Lipinski definition) is 2. The number of ether oxygens (including phenoxy) is 1. The summed E-state index contributed by atoms with van der Waals surface area (Å²) in [7, 11) is 0. The van der Waals surface area contributed by atoms with Crippen LogP contribution < -0.4 is 5.32 Å². The molecule has 2 unspecified atom stereocenters. The summed E-state index contributed by atoms with van der Waals surface area (Å²) < 4.78 is 5.45. The molecule has 0 saturated carbocycles.